The van der Waals surface area contributed by atoms with Gasteiger partial charge in [-0.1, -0.05) is 17.7 Å². The van der Waals surface area contributed by atoms with Crippen LogP contribution in [0.15, 0.2) is 41.3 Å². The minimum absolute atomic E-state index is 0.101. The highest BCUT2D eigenvalue weighted by molar-refractivity contribution is 6.32. The number of rotatable bonds is 3. The molecule has 1 aromatic carbocycles. The van der Waals surface area contributed by atoms with Crippen molar-refractivity contribution < 1.29 is 4.74 Å². The molecule has 0 unspecified atom stereocenters. The molecule has 2 rings (SSSR count). The van der Waals surface area contributed by atoms with Crippen LogP contribution in [0.3, 0.4) is 0 Å². The van der Waals surface area contributed by atoms with E-state index in [1.165, 1.54) is 10.6 Å². The van der Waals surface area contributed by atoms with E-state index in [4.69, 9.17) is 22.1 Å². The molecule has 0 bridgehead atoms. The number of nitrogen functional groups attached to an aromatic ring is 1. The van der Waals surface area contributed by atoms with Crippen LogP contribution in [-0.4, -0.2) is 11.7 Å². The summed E-state index contributed by atoms with van der Waals surface area (Å²) in [6.07, 6.45) is 1.61. The molecule has 0 radical (unpaired) electrons. The van der Waals surface area contributed by atoms with Crippen molar-refractivity contribution >= 4 is 17.3 Å². The highest BCUT2D eigenvalue weighted by Gasteiger charge is 2.03. The molecule has 5 heteroatoms. The van der Waals surface area contributed by atoms with E-state index in [2.05, 4.69) is 0 Å². The highest BCUT2D eigenvalue weighted by atomic mass is 35.5. The molecule has 0 spiro atoms. The van der Waals surface area contributed by atoms with Crippen LogP contribution in [0.1, 0.15) is 5.56 Å². The maximum atomic E-state index is 11.6. The van der Waals surface area contributed by atoms with Crippen molar-refractivity contribution in [2.45, 2.75) is 6.54 Å². The smallest absolute Gasteiger partial charge is 0.250 e. The lowest BCUT2D eigenvalue weighted by atomic mass is 10.2. The number of halogens is 1. The Morgan fingerprint density at radius 3 is 2.78 bits per heavy atom. The SMILES string of the molecule is COc1ccc(Cn2cc(N)ccc2=O)cc1Cl. The minimum atomic E-state index is -0.101. The second-order valence-electron chi connectivity index (χ2n) is 3.90. The summed E-state index contributed by atoms with van der Waals surface area (Å²) in [6.45, 7) is 0.424. The zero-order valence-electron chi connectivity index (χ0n) is 9.89. The second-order valence-corrected chi connectivity index (χ2v) is 4.30. The molecule has 1 aromatic heterocycles. The first-order chi connectivity index (χ1) is 8.60. The lowest BCUT2D eigenvalue weighted by Gasteiger charge is -2.08. The lowest BCUT2D eigenvalue weighted by molar-refractivity contribution is 0.415. The molecule has 4 nitrogen and oxygen atoms in total. The van der Waals surface area contributed by atoms with Crippen molar-refractivity contribution in [1.82, 2.24) is 4.57 Å². The van der Waals surface area contributed by atoms with Crippen molar-refractivity contribution in [1.29, 1.82) is 0 Å². The van der Waals surface area contributed by atoms with Gasteiger partial charge < -0.3 is 15.0 Å². The molecule has 18 heavy (non-hydrogen) atoms. The Labute approximate surface area is 110 Å². The zero-order chi connectivity index (χ0) is 13.1. The Hall–Kier alpha value is -1.94. The summed E-state index contributed by atoms with van der Waals surface area (Å²) < 4.78 is 6.61. The Morgan fingerprint density at radius 1 is 1.33 bits per heavy atom. The Balaban J connectivity index is 2.31. The first kappa shape index (κ1) is 12.5. The fraction of sp³-hybridized carbons (Fsp3) is 0.154. The summed E-state index contributed by atoms with van der Waals surface area (Å²) in [6, 6.07) is 8.44. The van der Waals surface area contributed by atoms with Crippen LogP contribution in [0.25, 0.3) is 0 Å². The van der Waals surface area contributed by atoms with Gasteiger partial charge in [-0.2, -0.15) is 0 Å². The number of nitrogens with zero attached hydrogens (tertiary/aromatic N) is 1. The van der Waals surface area contributed by atoms with Gasteiger partial charge >= 0.3 is 0 Å². The summed E-state index contributed by atoms with van der Waals surface area (Å²) in [5, 5.41) is 0.520. The van der Waals surface area contributed by atoms with Gasteiger partial charge in [-0.15, -0.1) is 0 Å². The zero-order valence-corrected chi connectivity index (χ0v) is 10.6. The largest absolute Gasteiger partial charge is 0.495 e. The minimum Gasteiger partial charge on any atom is -0.495 e. The summed E-state index contributed by atoms with van der Waals surface area (Å²) in [4.78, 5) is 11.6. The average Bonchev–Trinajstić information content (AvgIpc) is 2.34. The fourth-order valence-corrected chi connectivity index (χ4v) is 1.96. The molecule has 1 heterocycles. The topological polar surface area (TPSA) is 57.2 Å². The number of anilines is 1. The number of benzene rings is 1. The summed E-state index contributed by atoms with van der Waals surface area (Å²) in [7, 11) is 1.56. The molecule has 94 valence electrons. The number of ether oxygens (including phenoxy) is 1. The molecule has 2 aromatic rings. The van der Waals surface area contributed by atoms with Crippen molar-refractivity contribution in [2.75, 3.05) is 12.8 Å². The van der Waals surface area contributed by atoms with E-state index >= 15 is 0 Å². The van der Waals surface area contributed by atoms with Gasteiger partial charge in [0.05, 0.1) is 18.7 Å². The molecular formula is C13H13ClN2O2. The van der Waals surface area contributed by atoms with Crippen LogP contribution in [0.4, 0.5) is 5.69 Å². The van der Waals surface area contributed by atoms with E-state index in [-0.39, 0.29) is 5.56 Å². The van der Waals surface area contributed by atoms with Gasteiger partial charge in [-0.05, 0) is 23.8 Å². The first-order valence-corrected chi connectivity index (χ1v) is 5.76. The molecule has 0 amide bonds. The van der Waals surface area contributed by atoms with Crippen molar-refractivity contribution in [2.24, 2.45) is 0 Å². The first-order valence-electron chi connectivity index (χ1n) is 5.38. The van der Waals surface area contributed by atoms with Crippen LogP contribution in [0, 0.1) is 0 Å². The van der Waals surface area contributed by atoms with Crippen molar-refractivity contribution in [3.8, 4) is 5.75 Å². The molecule has 0 saturated heterocycles. The predicted molar refractivity (Wildman–Crippen MR) is 72.2 cm³/mol. The third-order valence-corrected chi connectivity index (χ3v) is 2.87. The van der Waals surface area contributed by atoms with Crippen molar-refractivity contribution in [3.05, 3.63) is 57.5 Å². The molecule has 2 N–H and O–H groups in total. The lowest BCUT2D eigenvalue weighted by Crippen LogP contribution is -2.19. The van der Waals surface area contributed by atoms with Crippen LogP contribution >= 0.6 is 11.6 Å². The number of aromatic nitrogens is 1. The summed E-state index contributed by atoms with van der Waals surface area (Å²) in [5.41, 5.74) is 7.01. The van der Waals surface area contributed by atoms with Crippen LogP contribution in [0.5, 0.6) is 5.75 Å². The van der Waals surface area contributed by atoms with Gasteiger partial charge in [0.2, 0.25) is 0 Å². The molecular weight excluding hydrogens is 252 g/mol. The molecule has 0 aliphatic rings. The van der Waals surface area contributed by atoms with Crippen molar-refractivity contribution in [3.63, 3.8) is 0 Å². The van der Waals surface area contributed by atoms with E-state index in [1.54, 1.807) is 31.5 Å². The summed E-state index contributed by atoms with van der Waals surface area (Å²) in [5.74, 6) is 0.611. The third kappa shape index (κ3) is 2.65. The summed E-state index contributed by atoms with van der Waals surface area (Å²) >= 11 is 6.03. The fourth-order valence-electron chi connectivity index (χ4n) is 1.68. The number of pyridine rings is 1. The van der Waals surface area contributed by atoms with E-state index in [0.29, 0.717) is 23.0 Å². The standard InChI is InChI=1S/C13H13ClN2O2/c1-18-12-4-2-9(6-11(12)14)7-16-8-10(15)3-5-13(16)17/h2-6,8H,7,15H2,1H3. The van der Waals surface area contributed by atoms with Crippen LogP contribution < -0.4 is 16.0 Å². The predicted octanol–water partition coefficient (Wildman–Crippen LogP) is 2.14. The van der Waals surface area contributed by atoms with Gasteiger partial charge in [-0.3, -0.25) is 4.79 Å². The quantitative estimate of drug-likeness (QED) is 0.924. The van der Waals surface area contributed by atoms with Gasteiger partial charge in [0.15, 0.2) is 0 Å². The average molecular weight is 265 g/mol. The number of hydrogen-bond acceptors (Lipinski definition) is 3. The normalized spacial score (nSPS) is 10.3. The molecule has 0 aliphatic carbocycles. The molecule has 0 fully saturated rings. The monoisotopic (exact) mass is 264 g/mol. The van der Waals surface area contributed by atoms with E-state index in [9.17, 15) is 4.79 Å². The Bertz CT molecular complexity index is 623. The van der Waals surface area contributed by atoms with Gasteiger partial charge in [-0.25, -0.2) is 0 Å². The second kappa shape index (κ2) is 5.14. The van der Waals surface area contributed by atoms with Gasteiger partial charge in [0, 0.05) is 18.0 Å². The van der Waals surface area contributed by atoms with Crippen LogP contribution in [-0.2, 0) is 6.54 Å². The third-order valence-electron chi connectivity index (χ3n) is 2.58. The highest BCUT2D eigenvalue weighted by Crippen LogP contribution is 2.25. The van der Waals surface area contributed by atoms with E-state index in [0.717, 1.165) is 5.56 Å². The maximum Gasteiger partial charge on any atom is 0.250 e. The van der Waals surface area contributed by atoms with Gasteiger partial charge in [0.1, 0.15) is 5.75 Å². The van der Waals surface area contributed by atoms with Gasteiger partial charge in [0.25, 0.3) is 5.56 Å². The number of methoxy groups -OCH3 is 1. The Kier molecular flexibility index (Phi) is 3.58. The number of hydrogen-bond donors (Lipinski definition) is 1. The number of nitrogens with two attached hydrogens (primary N) is 1. The van der Waals surface area contributed by atoms with E-state index < -0.39 is 0 Å². The Morgan fingerprint density at radius 2 is 2.11 bits per heavy atom. The molecule has 0 aliphatic heterocycles. The van der Waals surface area contributed by atoms with Crippen LogP contribution in [0.2, 0.25) is 5.02 Å². The molecule has 0 saturated carbocycles. The molecule has 0 atom stereocenters. The van der Waals surface area contributed by atoms with E-state index in [1.807, 2.05) is 6.07 Å². The maximum absolute atomic E-state index is 11.6.